The van der Waals surface area contributed by atoms with Gasteiger partial charge in [-0.15, -0.1) is 6.58 Å². The molecule has 0 aliphatic carbocycles. The van der Waals surface area contributed by atoms with Crippen LogP contribution in [0.5, 0.6) is 0 Å². The van der Waals surface area contributed by atoms with Gasteiger partial charge in [-0.05, 0) is 19.4 Å². The first kappa shape index (κ1) is 12.5. The van der Waals surface area contributed by atoms with Gasteiger partial charge >= 0.3 is 5.97 Å². The highest BCUT2D eigenvalue weighted by Gasteiger charge is 2.29. The van der Waals surface area contributed by atoms with Gasteiger partial charge in [-0.3, -0.25) is 4.79 Å². The van der Waals surface area contributed by atoms with Gasteiger partial charge in [0.2, 0.25) is 0 Å². The molecule has 0 fully saturated rings. The van der Waals surface area contributed by atoms with Crippen molar-refractivity contribution in [1.82, 2.24) is 0 Å². The van der Waals surface area contributed by atoms with Crippen molar-refractivity contribution in [2.45, 2.75) is 38.6 Å². The number of hydrogen-bond acceptors (Lipinski definition) is 3. The number of rotatable bonds is 3. The largest absolute Gasteiger partial charge is 0.455 e. The van der Waals surface area contributed by atoms with Crippen LogP contribution in [0.25, 0.3) is 0 Å². The Hall–Kier alpha value is -0.610. The molecule has 0 aromatic heterocycles. The third-order valence-electron chi connectivity index (χ3n) is 2.16. The lowest BCUT2D eigenvalue weighted by atomic mass is 10.1. The lowest BCUT2D eigenvalue weighted by Crippen LogP contribution is -2.37. The topological polar surface area (TPSA) is 35.5 Å². The second-order valence-corrected chi connectivity index (χ2v) is 4.40. The SMILES string of the molecule is C=CC[C@@H]1O[C@@H](C)[C@H](OC(C)=O)C=C1Br. The molecule has 0 unspecified atom stereocenters. The monoisotopic (exact) mass is 274 g/mol. The highest BCUT2D eigenvalue weighted by Crippen LogP contribution is 2.27. The van der Waals surface area contributed by atoms with Crippen LogP contribution in [-0.2, 0) is 14.3 Å². The van der Waals surface area contributed by atoms with Gasteiger partial charge in [0.25, 0.3) is 0 Å². The minimum atomic E-state index is -0.307. The van der Waals surface area contributed by atoms with Gasteiger partial charge in [0.15, 0.2) is 0 Å². The molecule has 84 valence electrons. The molecule has 3 nitrogen and oxygen atoms in total. The van der Waals surface area contributed by atoms with Crippen LogP contribution in [0.2, 0.25) is 0 Å². The molecular formula is C11H15BrO3. The van der Waals surface area contributed by atoms with Crippen LogP contribution < -0.4 is 0 Å². The molecule has 0 N–H and O–H groups in total. The summed E-state index contributed by atoms with van der Waals surface area (Å²) in [6.07, 6.45) is 3.98. The van der Waals surface area contributed by atoms with E-state index in [0.717, 1.165) is 10.9 Å². The maximum absolute atomic E-state index is 10.8. The Kier molecular flexibility index (Phi) is 4.54. The smallest absolute Gasteiger partial charge is 0.303 e. The molecule has 1 aliphatic heterocycles. The van der Waals surface area contributed by atoms with Crippen molar-refractivity contribution in [2.75, 3.05) is 0 Å². The average Bonchev–Trinajstić information content (AvgIpc) is 2.13. The normalized spacial score (nSPS) is 30.6. The molecule has 0 spiro atoms. The van der Waals surface area contributed by atoms with Crippen molar-refractivity contribution in [2.24, 2.45) is 0 Å². The second-order valence-electron chi connectivity index (χ2n) is 3.48. The van der Waals surface area contributed by atoms with E-state index in [-0.39, 0.29) is 24.3 Å². The molecule has 0 radical (unpaired) electrons. The summed E-state index contributed by atoms with van der Waals surface area (Å²) in [5.41, 5.74) is 0. The Labute approximate surface area is 98.3 Å². The quantitative estimate of drug-likeness (QED) is 0.586. The molecule has 0 saturated carbocycles. The van der Waals surface area contributed by atoms with Crippen LogP contribution >= 0.6 is 15.9 Å². The molecule has 0 saturated heterocycles. The fraction of sp³-hybridized carbons (Fsp3) is 0.545. The molecular weight excluding hydrogens is 260 g/mol. The van der Waals surface area contributed by atoms with Crippen LogP contribution in [0.4, 0.5) is 0 Å². The van der Waals surface area contributed by atoms with E-state index in [0.29, 0.717) is 0 Å². The van der Waals surface area contributed by atoms with Gasteiger partial charge in [0.1, 0.15) is 6.10 Å². The van der Waals surface area contributed by atoms with E-state index >= 15 is 0 Å². The molecule has 0 amide bonds. The molecule has 0 bridgehead atoms. The first-order valence-electron chi connectivity index (χ1n) is 4.85. The minimum absolute atomic E-state index is 0.00990. The average molecular weight is 275 g/mol. The summed E-state index contributed by atoms with van der Waals surface area (Å²) in [4.78, 5) is 10.8. The maximum Gasteiger partial charge on any atom is 0.303 e. The minimum Gasteiger partial charge on any atom is -0.455 e. The standard InChI is InChI=1S/C11H15BrO3/c1-4-5-10-9(12)6-11(7(2)14-10)15-8(3)13/h4,6-7,10-11H,1,5H2,2-3H3/t7-,10-,11+/m0/s1. The first-order valence-corrected chi connectivity index (χ1v) is 5.64. The van der Waals surface area contributed by atoms with Gasteiger partial charge in [0.05, 0.1) is 12.2 Å². The summed E-state index contributed by atoms with van der Waals surface area (Å²) in [7, 11) is 0. The van der Waals surface area contributed by atoms with E-state index in [1.54, 1.807) is 6.08 Å². The summed E-state index contributed by atoms with van der Waals surface area (Å²) in [6, 6.07) is 0. The third-order valence-corrected chi connectivity index (χ3v) is 2.93. The number of hydrogen-bond donors (Lipinski definition) is 0. The van der Waals surface area contributed by atoms with Crippen LogP contribution in [0.15, 0.2) is 23.2 Å². The Bertz CT molecular complexity index is 286. The van der Waals surface area contributed by atoms with Gasteiger partial charge in [-0.25, -0.2) is 0 Å². The number of carbonyl (C=O) groups is 1. The summed E-state index contributed by atoms with van der Waals surface area (Å²) in [5, 5.41) is 0. The lowest BCUT2D eigenvalue weighted by molar-refractivity contribution is -0.153. The van der Waals surface area contributed by atoms with Gasteiger partial charge in [-0.2, -0.15) is 0 Å². The first-order chi connectivity index (χ1) is 7.04. The van der Waals surface area contributed by atoms with Crippen LogP contribution in [0.1, 0.15) is 20.3 Å². The van der Waals surface area contributed by atoms with Crippen LogP contribution in [-0.4, -0.2) is 24.3 Å². The maximum atomic E-state index is 10.8. The molecule has 0 aromatic carbocycles. The Morgan fingerprint density at radius 3 is 3.00 bits per heavy atom. The fourth-order valence-corrected chi connectivity index (χ4v) is 2.00. The predicted octanol–water partition coefficient (Wildman–Crippen LogP) is 2.56. The van der Waals surface area contributed by atoms with Crippen molar-refractivity contribution in [3.8, 4) is 0 Å². The molecule has 1 aliphatic rings. The zero-order valence-electron chi connectivity index (χ0n) is 8.90. The number of carbonyl (C=O) groups excluding carboxylic acids is 1. The number of halogens is 1. The predicted molar refractivity (Wildman–Crippen MR) is 61.7 cm³/mol. The van der Waals surface area contributed by atoms with Crippen LogP contribution in [0.3, 0.4) is 0 Å². The van der Waals surface area contributed by atoms with Crippen molar-refractivity contribution in [1.29, 1.82) is 0 Å². The van der Waals surface area contributed by atoms with E-state index in [1.807, 2.05) is 13.0 Å². The summed E-state index contributed by atoms with van der Waals surface area (Å²) in [5.74, 6) is -0.297. The van der Waals surface area contributed by atoms with Gasteiger partial charge in [0, 0.05) is 11.4 Å². The van der Waals surface area contributed by atoms with Crippen molar-refractivity contribution in [3.63, 3.8) is 0 Å². The van der Waals surface area contributed by atoms with Gasteiger partial charge in [-0.1, -0.05) is 22.0 Å². The Morgan fingerprint density at radius 1 is 1.80 bits per heavy atom. The molecule has 1 heterocycles. The number of ether oxygens (including phenoxy) is 2. The molecule has 0 aromatic rings. The van der Waals surface area contributed by atoms with E-state index in [4.69, 9.17) is 9.47 Å². The lowest BCUT2D eigenvalue weighted by Gasteiger charge is -2.31. The highest BCUT2D eigenvalue weighted by atomic mass is 79.9. The van der Waals surface area contributed by atoms with E-state index in [1.165, 1.54) is 6.92 Å². The third kappa shape index (κ3) is 3.47. The highest BCUT2D eigenvalue weighted by molar-refractivity contribution is 9.11. The van der Waals surface area contributed by atoms with E-state index < -0.39 is 0 Å². The molecule has 3 atom stereocenters. The van der Waals surface area contributed by atoms with Crippen molar-refractivity contribution in [3.05, 3.63) is 23.2 Å². The van der Waals surface area contributed by atoms with Gasteiger partial charge < -0.3 is 9.47 Å². The van der Waals surface area contributed by atoms with E-state index in [2.05, 4.69) is 22.5 Å². The van der Waals surface area contributed by atoms with Crippen molar-refractivity contribution >= 4 is 21.9 Å². The summed E-state index contributed by atoms with van der Waals surface area (Å²) in [6.45, 7) is 6.95. The zero-order chi connectivity index (χ0) is 11.4. The number of esters is 1. The Balaban J connectivity index is 2.70. The molecule has 4 heteroatoms. The van der Waals surface area contributed by atoms with Crippen LogP contribution in [0, 0.1) is 0 Å². The van der Waals surface area contributed by atoms with E-state index in [9.17, 15) is 4.79 Å². The van der Waals surface area contributed by atoms with Crippen molar-refractivity contribution < 1.29 is 14.3 Å². The summed E-state index contributed by atoms with van der Waals surface area (Å²) < 4.78 is 11.7. The fourth-order valence-electron chi connectivity index (χ4n) is 1.44. The second kappa shape index (κ2) is 5.47. The molecule has 1 rings (SSSR count). The zero-order valence-corrected chi connectivity index (χ0v) is 10.5. The Morgan fingerprint density at radius 2 is 2.47 bits per heavy atom. The summed E-state index contributed by atoms with van der Waals surface area (Å²) >= 11 is 3.41. The molecule has 15 heavy (non-hydrogen) atoms.